The summed E-state index contributed by atoms with van der Waals surface area (Å²) in [7, 11) is 1.28. The van der Waals surface area contributed by atoms with E-state index in [4.69, 9.17) is 9.47 Å². The van der Waals surface area contributed by atoms with Gasteiger partial charge in [-0.1, -0.05) is 13.0 Å². The van der Waals surface area contributed by atoms with Crippen LogP contribution in [0.2, 0.25) is 0 Å². The number of methoxy groups -OCH3 is 1. The van der Waals surface area contributed by atoms with Crippen molar-refractivity contribution >= 4 is 28.2 Å². The number of esters is 1. The van der Waals surface area contributed by atoms with Crippen LogP contribution in [0, 0.1) is 6.92 Å². The van der Waals surface area contributed by atoms with Gasteiger partial charge in [0, 0.05) is 4.88 Å². The van der Waals surface area contributed by atoms with Gasteiger partial charge in [0.2, 0.25) is 0 Å². The van der Waals surface area contributed by atoms with E-state index in [-0.39, 0.29) is 29.2 Å². The molecule has 9 heteroatoms. The first-order chi connectivity index (χ1) is 13.3. The molecule has 1 heterocycles. The maximum atomic E-state index is 12.8. The number of ether oxygens (including phenoxy) is 3. The van der Waals surface area contributed by atoms with Crippen molar-refractivity contribution in [2.75, 3.05) is 19.0 Å². The molecule has 152 valence electrons. The largest absolute Gasteiger partial charge is 0.493 e. The third kappa shape index (κ3) is 4.59. The average Bonchev–Trinajstić information content (AvgIpc) is 2.96. The van der Waals surface area contributed by atoms with E-state index >= 15 is 0 Å². The fourth-order valence-electron chi connectivity index (χ4n) is 2.75. The Labute approximate surface area is 165 Å². The lowest BCUT2D eigenvalue weighted by atomic mass is 10.1. The van der Waals surface area contributed by atoms with Crippen molar-refractivity contribution in [2.24, 2.45) is 0 Å². The number of para-hydroxylation sites is 1. The minimum absolute atomic E-state index is 0.00447. The normalized spacial score (nSPS) is 10.7. The molecule has 6 nitrogen and oxygen atoms in total. The maximum Gasteiger partial charge on any atom is 0.387 e. The van der Waals surface area contributed by atoms with E-state index in [1.807, 2.05) is 13.8 Å². The molecular weight excluding hydrogens is 392 g/mol. The van der Waals surface area contributed by atoms with Gasteiger partial charge in [0.05, 0.1) is 24.8 Å². The molecule has 2 aromatic rings. The Bertz CT molecular complexity index is 866. The number of anilines is 1. The molecular formula is C19H21F2NO5S. The molecule has 0 saturated heterocycles. The third-order valence-corrected chi connectivity index (χ3v) is 4.98. The van der Waals surface area contributed by atoms with Gasteiger partial charge in [0.1, 0.15) is 5.00 Å². The summed E-state index contributed by atoms with van der Waals surface area (Å²) in [5.74, 6) is -1.63. The standard InChI is InChI=1S/C19H21F2NO5S/c1-5-11-10(3)28-17(14(11)18(24)26-6-2)22-16(23)12-8-7-9-13(25-4)15(12)27-19(20)21/h7-9,19H,5-6H2,1-4H3,(H,22,23). The fourth-order valence-corrected chi connectivity index (χ4v) is 3.88. The number of thiophene rings is 1. The van der Waals surface area contributed by atoms with E-state index in [9.17, 15) is 18.4 Å². The molecule has 1 amide bonds. The van der Waals surface area contributed by atoms with Crippen LogP contribution in [0.4, 0.5) is 13.8 Å². The molecule has 0 atom stereocenters. The van der Waals surface area contributed by atoms with Gasteiger partial charge < -0.3 is 19.5 Å². The molecule has 1 aromatic heterocycles. The molecule has 2 rings (SSSR count). The number of rotatable bonds is 8. The van der Waals surface area contributed by atoms with Crippen LogP contribution in [0.15, 0.2) is 18.2 Å². The number of benzene rings is 1. The molecule has 1 aromatic carbocycles. The summed E-state index contributed by atoms with van der Waals surface area (Å²) in [5.41, 5.74) is 0.909. The van der Waals surface area contributed by atoms with Crippen LogP contribution in [-0.2, 0) is 11.2 Å². The van der Waals surface area contributed by atoms with Crippen LogP contribution in [0.1, 0.15) is 45.0 Å². The number of hydrogen-bond acceptors (Lipinski definition) is 6. The van der Waals surface area contributed by atoms with Gasteiger partial charge in [0.25, 0.3) is 5.91 Å². The Morgan fingerprint density at radius 1 is 1.25 bits per heavy atom. The minimum atomic E-state index is -3.13. The Morgan fingerprint density at radius 3 is 2.54 bits per heavy atom. The number of aryl methyl sites for hydroxylation is 1. The van der Waals surface area contributed by atoms with Gasteiger partial charge in [-0.05, 0) is 38.0 Å². The lowest BCUT2D eigenvalue weighted by Gasteiger charge is -2.14. The molecule has 0 fully saturated rings. The molecule has 0 spiro atoms. The number of nitrogens with one attached hydrogen (secondary N) is 1. The summed E-state index contributed by atoms with van der Waals surface area (Å²) < 4.78 is 40.2. The van der Waals surface area contributed by atoms with Crippen molar-refractivity contribution in [3.8, 4) is 11.5 Å². The first-order valence-corrected chi connectivity index (χ1v) is 9.38. The second kappa shape index (κ2) is 9.50. The second-order valence-corrected chi connectivity index (χ2v) is 6.81. The highest BCUT2D eigenvalue weighted by Gasteiger charge is 2.26. The number of halogens is 2. The predicted octanol–water partition coefficient (Wildman–Crippen LogP) is 4.66. The van der Waals surface area contributed by atoms with E-state index in [0.29, 0.717) is 11.4 Å². The van der Waals surface area contributed by atoms with E-state index in [0.717, 1.165) is 10.4 Å². The SMILES string of the molecule is CCOC(=O)c1c(NC(=O)c2cccc(OC)c2OC(F)F)sc(C)c1CC. The Hall–Kier alpha value is -2.68. The van der Waals surface area contributed by atoms with Crippen LogP contribution >= 0.6 is 11.3 Å². The monoisotopic (exact) mass is 413 g/mol. The quantitative estimate of drug-likeness (QED) is 0.638. The zero-order valence-corrected chi connectivity index (χ0v) is 16.7. The molecule has 0 bridgehead atoms. The summed E-state index contributed by atoms with van der Waals surface area (Å²) in [5, 5.41) is 2.92. The van der Waals surface area contributed by atoms with Crippen LogP contribution in [0.25, 0.3) is 0 Å². The van der Waals surface area contributed by atoms with Crippen LogP contribution in [-0.4, -0.2) is 32.2 Å². The van der Waals surface area contributed by atoms with Crippen molar-refractivity contribution in [1.29, 1.82) is 0 Å². The fraction of sp³-hybridized carbons (Fsp3) is 0.368. The number of carbonyl (C=O) groups excluding carboxylic acids is 2. The van der Waals surface area contributed by atoms with Gasteiger partial charge >= 0.3 is 12.6 Å². The first kappa shape index (κ1) is 21.6. The number of alkyl halides is 2. The highest BCUT2D eigenvalue weighted by atomic mass is 32.1. The Morgan fingerprint density at radius 2 is 1.96 bits per heavy atom. The second-order valence-electron chi connectivity index (χ2n) is 5.58. The molecule has 0 aliphatic rings. The molecule has 0 saturated carbocycles. The summed E-state index contributed by atoms with van der Waals surface area (Å²) in [4.78, 5) is 26.0. The smallest absolute Gasteiger partial charge is 0.387 e. The van der Waals surface area contributed by atoms with E-state index in [2.05, 4.69) is 10.1 Å². The van der Waals surface area contributed by atoms with Crippen LogP contribution in [0.5, 0.6) is 11.5 Å². The topological polar surface area (TPSA) is 73.9 Å². The van der Waals surface area contributed by atoms with Crippen molar-refractivity contribution in [3.63, 3.8) is 0 Å². The van der Waals surface area contributed by atoms with E-state index < -0.39 is 18.5 Å². The van der Waals surface area contributed by atoms with Gasteiger partial charge in [-0.2, -0.15) is 8.78 Å². The molecule has 0 unspecified atom stereocenters. The minimum Gasteiger partial charge on any atom is -0.493 e. The van der Waals surface area contributed by atoms with Gasteiger partial charge in [-0.25, -0.2) is 4.79 Å². The van der Waals surface area contributed by atoms with Crippen LogP contribution in [0.3, 0.4) is 0 Å². The predicted molar refractivity (Wildman–Crippen MR) is 102 cm³/mol. The van der Waals surface area contributed by atoms with Gasteiger partial charge in [-0.3, -0.25) is 4.79 Å². The number of hydrogen-bond donors (Lipinski definition) is 1. The molecule has 0 aliphatic carbocycles. The first-order valence-electron chi connectivity index (χ1n) is 8.56. The Kier molecular flexibility index (Phi) is 7.33. The highest BCUT2D eigenvalue weighted by Crippen LogP contribution is 2.36. The van der Waals surface area contributed by atoms with Gasteiger partial charge in [0.15, 0.2) is 11.5 Å². The zero-order valence-electron chi connectivity index (χ0n) is 15.9. The summed E-state index contributed by atoms with van der Waals surface area (Å²) in [6.07, 6.45) is 0.575. The zero-order chi connectivity index (χ0) is 20.8. The molecule has 28 heavy (non-hydrogen) atoms. The highest BCUT2D eigenvalue weighted by molar-refractivity contribution is 7.16. The summed E-state index contributed by atoms with van der Waals surface area (Å²) in [6.45, 7) is 2.46. The van der Waals surface area contributed by atoms with E-state index in [1.54, 1.807) is 6.92 Å². The number of amides is 1. The average molecular weight is 413 g/mol. The van der Waals surface area contributed by atoms with Crippen LogP contribution < -0.4 is 14.8 Å². The van der Waals surface area contributed by atoms with Crippen molar-refractivity contribution in [3.05, 3.63) is 39.8 Å². The van der Waals surface area contributed by atoms with Crippen molar-refractivity contribution in [2.45, 2.75) is 33.8 Å². The lowest BCUT2D eigenvalue weighted by Crippen LogP contribution is -2.17. The Balaban J connectivity index is 2.45. The van der Waals surface area contributed by atoms with Crippen molar-refractivity contribution in [1.82, 2.24) is 0 Å². The molecule has 0 aliphatic heterocycles. The third-order valence-electron chi connectivity index (χ3n) is 3.92. The maximum absolute atomic E-state index is 12.8. The molecule has 1 N–H and O–H groups in total. The van der Waals surface area contributed by atoms with Gasteiger partial charge in [-0.15, -0.1) is 11.3 Å². The summed E-state index contributed by atoms with van der Waals surface area (Å²) in [6, 6.07) is 4.22. The molecule has 0 radical (unpaired) electrons. The van der Waals surface area contributed by atoms with Crippen molar-refractivity contribution < 1.29 is 32.6 Å². The lowest BCUT2D eigenvalue weighted by molar-refractivity contribution is -0.0515. The van der Waals surface area contributed by atoms with E-state index in [1.165, 1.54) is 36.6 Å². The number of carbonyl (C=O) groups is 2. The summed E-state index contributed by atoms with van der Waals surface area (Å²) >= 11 is 1.22.